The Morgan fingerprint density at radius 3 is 2.39 bits per heavy atom. The van der Waals surface area contributed by atoms with E-state index in [1.165, 1.54) is 6.07 Å². The molecule has 0 amide bonds. The minimum atomic E-state index is -0.566. The average molecular weight is 246 g/mol. The number of phenols is 2. The summed E-state index contributed by atoms with van der Waals surface area (Å²) in [7, 11) is 0. The molecule has 92 valence electrons. The van der Waals surface area contributed by atoms with Crippen molar-refractivity contribution in [2.75, 3.05) is 0 Å². The lowest BCUT2D eigenvalue weighted by atomic mass is 10.1. The van der Waals surface area contributed by atoms with Gasteiger partial charge >= 0.3 is 5.63 Å². The van der Waals surface area contributed by atoms with E-state index in [1.807, 2.05) is 0 Å². The van der Waals surface area contributed by atoms with Crippen LogP contribution in [0.15, 0.2) is 25.8 Å². The number of benzene rings is 1. The molecule has 2 aromatic heterocycles. The van der Waals surface area contributed by atoms with Gasteiger partial charge in [-0.3, -0.25) is 0 Å². The standard InChI is InChI=1S/C13H10O5/c1-5-3-8-11(13(16)17-5)10-9(18-8)4-7(14)6(2)12(10)15/h3-4,14-15H,1-2H3. The van der Waals surface area contributed by atoms with Crippen LogP contribution in [0, 0.1) is 13.8 Å². The number of hydrogen-bond acceptors (Lipinski definition) is 5. The molecule has 0 saturated heterocycles. The molecule has 2 heterocycles. The van der Waals surface area contributed by atoms with Gasteiger partial charge in [-0.2, -0.15) is 0 Å². The number of rotatable bonds is 0. The van der Waals surface area contributed by atoms with Gasteiger partial charge in [-0.25, -0.2) is 4.79 Å². The van der Waals surface area contributed by atoms with Crippen molar-refractivity contribution in [2.24, 2.45) is 0 Å². The highest BCUT2D eigenvalue weighted by Crippen LogP contribution is 2.39. The van der Waals surface area contributed by atoms with Crippen molar-refractivity contribution in [3.63, 3.8) is 0 Å². The molecule has 5 heteroatoms. The van der Waals surface area contributed by atoms with Crippen molar-refractivity contribution in [1.82, 2.24) is 0 Å². The maximum Gasteiger partial charge on any atom is 0.347 e. The quantitative estimate of drug-likeness (QED) is 0.636. The zero-order valence-corrected chi connectivity index (χ0v) is 9.77. The molecular formula is C13H10O5. The summed E-state index contributed by atoms with van der Waals surface area (Å²) in [5.74, 6) is 0.173. The first-order valence-corrected chi connectivity index (χ1v) is 5.37. The lowest BCUT2D eigenvalue weighted by Crippen LogP contribution is -1.98. The van der Waals surface area contributed by atoms with Crippen LogP contribution < -0.4 is 5.63 Å². The Morgan fingerprint density at radius 2 is 1.67 bits per heavy atom. The molecule has 0 atom stereocenters. The van der Waals surface area contributed by atoms with E-state index in [0.29, 0.717) is 16.9 Å². The molecule has 18 heavy (non-hydrogen) atoms. The second kappa shape index (κ2) is 3.29. The summed E-state index contributed by atoms with van der Waals surface area (Å²) in [5, 5.41) is 20.1. The fourth-order valence-electron chi connectivity index (χ4n) is 2.06. The number of hydrogen-bond donors (Lipinski definition) is 2. The average Bonchev–Trinajstić information content (AvgIpc) is 2.64. The number of aryl methyl sites for hydroxylation is 1. The van der Waals surface area contributed by atoms with Crippen molar-refractivity contribution >= 4 is 21.9 Å². The Balaban J connectivity index is 2.67. The van der Waals surface area contributed by atoms with E-state index in [0.717, 1.165) is 0 Å². The van der Waals surface area contributed by atoms with Crippen molar-refractivity contribution in [3.05, 3.63) is 33.9 Å². The highest BCUT2D eigenvalue weighted by Gasteiger charge is 2.19. The van der Waals surface area contributed by atoms with Crippen LogP contribution in [-0.4, -0.2) is 10.2 Å². The molecule has 3 rings (SSSR count). The molecule has 0 fully saturated rings. The fourth-order valence-corrected chi connectivity index (χ4v) is 2.06. The number of furan rings is 1. The summed E-state index contributed by atoms with van der Waals surface area (Å²) in [6.45, 7) is 3.19. The van der Waals surface area contributed by atoms with E-state index >= 15 is 0 Å². The Morgan fingerprint density at radius 1 is 1.00 bits per heavy atom. The maximum atomic E-state index is 11.8. The van der Waals surface area contributed by atoms with Gasteiger partial charge in [-0.1, -0.05) is 0 Å². The van der Waals surface area contributed by atoms with Crippen LogP contribution in [-0.2, 0) is 0 Å². The number of fused-ring (bicyclic) bond motifs is 3. The number of aromatic hydroxyl groups is 2. The van der Waals surface area contributed by atoms with Crippen LogP contribution in [0.3, 0.4) is 0 Å². The zero-order valence-electron chi connectivity index (χ0n) is 9.77. The Kier molecular flexibility index (Phi) is 1.96. The topological polar surface area (TPSA) is 83.8 Å². The van der Waals surface area contributed by atoms with Gasteiger partial charge in [0.05, 0.1) is 5.39 Å². The van der Waals surface area contributed by atoms with Crippen LogP contribution >= 0.6 is 0 Å². The molecule has 5 nitrogen and oxygen atoms in total. The largest absolute Gasteiger partial charge is 0.507 e. The van der Waals surface area contributed by atoms with Gasteiger partial charge in [-0.15, -0.1) is 0 Å². The summed E-state index contributed by atoms with van der Waals surface area (Å²) in [4.78, 5) is 11.8. The highest BCUT2D eigenvalue weighted by atomic mass is 16.4. The molecule has 0 radical (unpaired) electrons. The summed E-state index contributed by atoms with van der Waals surface area (Å²) < 4.78 is 10.4. The van der Waals surface area contributed by atoms with Crippen LogP contribution in [0.2, 0.25) is 0 Å². The minimum absolute atomic E-state index is 0.0832. The molecule has 0 spiro atoms. The van der Waals surface area contributed by atoms with Gasteiger partial charge in [-0.05, 0) is 13.8 Å². The van der Waals surface area contributed by atoms with Crippen LogP contribution in [0.4, 0.5) is 0 Å². The summed E-state index contributed by atoms with van der Waals surface area (Å²) in [6.07, 6.45) is 0. The lowest BCUT2D eigenvalue weighted by molar-refractivity contribution is 0.446. The Hall–Kier alpha value is -2.43. The summed E-state index contributed by atoms with van der Waals surface area (Å²) in [5.41, 5.74) is 0.317. The predicted octanol–water partition coefficient (Wildman–Crippen LogP) is 2.57. The van der Waals surface area contributed by atoms with Gasteiger partial charge in [0.1, 0.15) is 33.8 Å². The third kappa shape index (κ3) is 1.24. The second-order valence-electron chi connectivity index (χ2n) is 4.23. The van der Waals surface area contributed by atoms with Gasteiger partial charge in [0.2, 0.25) is 0 Å². The van der Waals surface area contributed by atoms with E-state index in [9.17, 15) is 15.0 Å². The van der Waals surface area contributed by atoms with Gasteiger partial charge < -0.3 is 19.0 Å². The SMILES string of the molecule is Cc1cc2oc3cc(O)c(C)c(O)c3c2c(=O)o1. The Bertz CT molecular complexity index is 838. The highest BCUT2D eigenvalue weighted by molar-refractivity contribution is 6.08. The van der Waals surface area contributed by atoms with E-state index < -0.39 is 5.63 Å². The summed E-state index contributed by atoms with van der Waals surface area (Å²) >= 11 is 0. The normalized spacial score (nSPS) is 11.4. The molecule has 0 unspecified atom stereocenters. The van der Waals surface area contributed by atoms with Crippen molar-refractivity contribution in [3.8, 4) is 11.5 Å². The number of phenolic OH excluding ortho intramolecular Hbond substituents is 2. The molecule has 0 aliphatic rings. The monoisotopic (exact) mass is 246 g/mol. The molecule has 0 bridgehead atoms. The smallest absolute Gasteiger partial charge is 0.347 e. The summed E-state index contributed by atoms with van der Waals surface area (Å²) in [6, 6.07) is 2.95. The molecule has 2 N–H and O–H groups in total. The van der Waals surface area contributed by atoms with Crippen LogP contribution in [0.1, 0.15) is 11.3 Å². The van der Waals surface area contributed by atoms with E-state index in [4.69, 9.17) is 8.83 Å². The molecule has 3 aromatic rings. The first kappa shape index (κ1) is 10.7. The van der Waals surface area contributed by atoms with E-state index in [2.05, 4.69) is 0 Å². The van der Waals surface area contributed by atoms with Gasteiger partial charge in [0, 0.05) is 17.7 Å². The van der Waals surface area contributed by atoms with Gasteiger partial charge in [0.25, 0.3) is 0 Å². The van der Waals surface area contributed by atoms with Crippen LogP contribution in [0.25, 0.3) is 21.9 Å². The third-order valence-electron chi connectivity index (χ3n) is 3.00. The van der Waals surface area contributed by atoms with Crippen molar-refractivity contribution in [2.45, 2.75) is 13.8 Å². The van der Waals surface area contributed by atoms with Crippen molar-refractivity contribution in [1.29, 1.82) is 0 Å². The Labute approximate surface area is 101 Å². The molecule has 1 aromatic carbocycles. The van der Waals surface area contributed by atoms with E-state index in [1.54, 1.807) is 19.9 Å². The molecule has 0 saturated carbocycles. The first-order chi connectivity index (χ1) is 8.49. The van der Waals surface area contributed by atoms with E-state index in [-0.39, 0.29) is 27.9 Å². The maximum absolute atomic E-state index is 11.8. The van der Waals surface area contributed by atoms with Crippen molar-refractivity contribution < 1.29 is 19.0 Å². The molecular weight excluding hydrogens is 236 g/mol. The molecule has 0 aliphatic heterocycles. The predicted molar refractivity (Wildman–Crippen MR) is 65.1 cm³/mol. The van der Waals surface area contributed by atoms with Gasteiger partial charge in [0.15, 0.2) is 0 Å². The van der Waals surface area contributed by atoms with Crippen LogP contribution in [0.5, 0.6) is 11.5 Å². The fraction of sp³-hybridized carbons (Fsp3) is 0.154. The first-order valence-electron chi connectivity index (χ1n) is 5.37. The third-order valence-corrected chi connectivity index (χ3v) is 3.00. The molecule has 0 aliphatic carbocycles. The lowest BCUT2D eigenvalue weighted by Gasteiger charge is -2.02. The second-order valence-corrected chi connectivity index (χ2v) is 4.23. The minimum Gasteiger partial charge on any atom is -0.507 e. The zero-order chi connectivity index (χ0) is 13.0.